The second kappa shape index (κ2) is 4.90. The van der Waals surface area contributed by atoms with Crippen molar-refractivity contribution in [2.75, 3.05) is 13.2 Å². The molecule has 3 heteroatoms. The molecule has 0 spiro atoms. The lowest BCUT2D eigenvalue weighted by Crippen LogP contribution is -2.36. The molecule has 1 aromatic carbocycles. The zero-order chi connectivity index (χ0) is 12.5. The molecule has 1 fully saturated rings. The summed E-state index contributed by atoms with van der Waals surface area (Å²) in [4.78, 5) is 0. The van der Waals surface area contributed by atoms with Crippen LogP contribution in [0.2, 0.25) is 0 Å². The van der Waals surface area contributed by atoms with Crippen molar-refractivity contribution in [3.63, 3.8) is 0 Å². The van der Waals surface area contributed by atoms with E-state index < -0.39 is 0 Å². The summed E-state index contributed by atoms with van der Waals surface area (Å²) in [6.45, 7) is 4.03. The average Bonchev–Trinajstić information content (AvgIpc) is 2.99. The number of phenols is 1. The standard InChI is InChI=1S/C15H21NO2/c1-10(11-7-8-18-9-11)16-14-6-5-13-12(14)3-2-4-15(13)17/h2-4,10-11,14,16-17H,5-9H2,1H3. The summed E-state index contributed by atoms with van der Waals surface area (Å²) in [6.07, 6.45) is 3.23. The van der Waals surface area contributed by atoms with Crippen LogP contribution in [0.5, 0.6) is 5.75 Å². The first-order chi connectivity index (χ1) is 8.75. The monoisotopic (exact) mass is 247 g/mol. The van der Waals surface area contributed by atoms with Gasteiger partial charge in [0.05, 0.1) is 6.61 Å². The third kappa shape index (κ3) is 2.13. The Balaban J connectivity index is 1.70. The van der Waals surface area contributed by atoms with Gasteiger partial charge in [-0.15, -0.1) is 0 Å². The fraction of sp³-hybridized carbons (Fsp3) is 0.600. The van der Waals surface area contributed by atoms with Crippen LogP contribution in [0.1, 0.15) is 36.9 Å². The van der Waals surface area contributed by atoms with E-state index >= 15 is 0 Å². The van der Waals surface area contributed by atoms with E-state index in [4.69, 9.17) is 4.74 Å². The molecule has 0 bridgehead atoms. The van der Waals surface area contributed by atoms with Gasteiger partial charge in [0.15, 0.2) is 0 Å². The summed E-state index contributed by atoms with van der Waals surface area (Å²) in [7, 11) is 0. The van der Waals surface area contributed by atoms with E-state index in [1.807, 2.05) is 6.07 Å². The Kier molecular flexibility index (Phi) is 3.27. The second-order valence-electron chi connectivity index (χ2n) is 5.52. The van der Waals surface area contributed by atoms with Crippen molar-refractivity contribution in [3.8, 4) is 5.75 Å². The molecule has 3 rings (SSSR count). The summed E-state index contributed by atoms with van der Waals surface area (Å²) in [5.41, 5.74) is 2.41. The maximum Gasteiger partial charge on any atom is 0.119 e. The first-order valence-corrected chi connectivity index (χ1v) is 6.90. The number of rotatable bonds is 3. The fourth-order valence-electron chi connectivity index (χ4n) is 3.21. The average molecular weight is 247 g/mol. The highest BCUT2D eigenvalue weighted by Gasteiger charge is 2.29. The first-order valence-electron chi connectivity index (χ1n) is 6.90. The predicted octanol–water partition coefficient (Wildman–Crippen LogP) is 2.39. The molecule has 18 heavy (non-hydrogen) atoms. The van der Waals surface area contributed by atoms with Crippen LogP contribution < -0.4 is 5.32 Å². The zero-order valence-electron chi connectivity index (χ0n) is 10.9. The van der Waals surface area contributed by atoms with Crippen molar-refractivity contribution in [1.29, 1.82) is 0 Å². The lowest BCUT2D eigenvalue weighted by molar-refractivity contribution is 0.176. The van der Waals surface area contributed by atoms with Crippen LogP contribution in [0.25, 0.3) is 0 Å². The van der Waals surface area contributed by atoms with Crippen LogP contribution >= 0.6 is 0 Å². The van der Waals surface area contributed by atoms with Crippen molar-refractivity contribution in [3.05, 3.63) is 29.3 Å². The minimum Gasteiger partial charge on any atom is -0.508 e. The molecule has 0 aromatic heterocycles. The molecule has 1 aromatic rings. The summed E-state index contributed by atoms with van der Waals surface area (Å²) in [6, 6.07) is 6.73. The molecule has 3 nitrogen and oxygen atoms in total. The third-order valence-electron chi connectivity index (χ3n) is 4.38. The number of aromatic hydroxyl groups is 1. The Labute approximate surface area is 108 Å². The van der Waals surface area contributed by atoms with E-state index in [1.165, 1.54) is 5.56 Å². The quantitative estimate of drug-likeness (QED) is 0.861. The van der Waals surface area contributed by atoms with Crippen molar-refractivity contribution in [1.82, 2.24) is 5.32 Å². The molecule has 1 saturated heterocycles. The minimum atomic E-state index is 0.391. The Hall–Kier alpha value is -1.06. The van der Waals surface area contributed by atoms with Gasteiger partial charge in [0.25, 0.3) is 0 Å². The third-order valence-corrected chi connectivity index (χ3v) is 4.38. The number of phenolic OH excluding ortho intramolecular Hbond substituents is 1. The molecule has 0 saturated carbocycles. The van der Waals surface area contributed by atoms with Crippen molar-refractivity contribution in [2.45, 2.75) is 38.3 Å². The largest absolute Gasteiger partial charge is 0.508 e. The van der Waals surface area contributed by atoms with Crippen molar-refractivity contribution < 1.29 is 9.84 Å². The molecule has 1 heterocycles. The number of fused-ring (bicyclic) bond motifs is 1. The van der Waals surface area contributed by atoms with Crippen LogP contribution in [0, 0.1) is 5.92 Å². The molecule has 0 amide bonds. The fourth-order valence-corrected chi connectivity index (χ4v) is 3.21. The van der Waals surface area contributed by atoms with E-state index in [9.17, 15) is 5.11 Å². The lowest BCUT2D eigenvalue weighted by Gasteiger charge is -2.24. The van der Waals surface area contributed by atoms with E-state index in [1.54, 1.807) is 6.07 Å². The van der Waals surface area contributed by atoms with Gasteiger partial charge in [0.1, 0.15) is 5.75 Å². The normalized spacial score (nSPS) is 28.3. The highest BCUT2D eigenvalue weighted by Crippen LogP contribution is 2.37. The molecule has 0 radical (unpaired) electrons. The molecule has 1 aliphatic carbocycles. The van der Waals surface area contributed by atoms with Crippen molar-refractivity contribution in [2.24, 2.45) is 5.92 Å². The molecule has 98 valence electrons. The van der Waals surface area contributed by atoms with Crippen molar-refractivity contribution >= 4 is 0 Å². The number of benzene rings is 1. The topological polar surface area (TPSA) is 41.5 Å². The summed E-state index contributed by atoms with van der Waals surface area (Å²) >= 11 is 0. The maximum atomic E-state index is 9.85. The minimum absolute atomic E-state index is 0.391. The van der Waals surface area contributed by atoms with Gasteiger partial charge in [-0.3, -0.25) is 0 Å². The van der Waals surface area contributed by atoms with Crippen LogP contribution in [-0.4, -0.2) is 24.4 Å². The van der Waals surface area contributed by atoms with Crippen LogP contribution in [-0.2, 0) is 11.2 Å². The Morgan fingerprint density at radius 1 is 1.39 bits per heavy atom. The molecule has 3 atom stereocenters. The van der Waals surface area contributed by atoms with Crippen LogP contribution in [0.3, 0.4) is 0 Å². The van der Waals surface area contributed by atoms with E-state index in [2.05, 4.69) is 18.3 Å². The number of hydrogen-bond donors (Lipinski definition) is 2. The lowest BCUT2D eigenvalue weighted by atomic mass is 9.98. The SMILES string of the molecule is CC(NC1CCc2c(O)cccc21)C1CCOC1. The maximum absolute atomic E-state index is 9.85. The molecule has 2 aliphatic rings. The van der Waals surface area contributed by atoms with Gasteiger partial charge >= 0.3 is 0 Å². The van der Waals surface area contributed by atoms with E-state index in [-0.39, 0.29) is 0 Å². The van der Waals surface area contributed by atoms with Crippen LogP contribution in [0.4, 0.5) is 0 Å². The molecular formula is C15H21NO2. The second-order valence-corrected chi connectivity index (χ2v) is 5.52. The van der Waals surface area contributed by atoms with Gasteiger partial charge in [-0.2, -0.15) is 0 Å². The van der Waals surface area contributed by atoms with E-state index in [0.29, 0.717) is 23.8 Å². The van der Waals surface area contributed by atoms with E-state index in [0.717, 1.165) is 38.0 Å². The Morgan fingerprint density at radius 2 is 2.28 bits per heavy atom. The Bertz CT molecular complexity index is 427. The van der Waals surface area contributed by atoms with Gasteiger partial charge < -0.3 is 15.2 Å². The zero-order valence-corrected chi connectivity index (χ0v) is 10.9. The number of nitrogens with one attached hydrogen (secondary N) is 1. The molecule has 1 aliphatic heterocycles. The summed E-state index contributed by atoms with van der Waals surface area (Å²) < 4.78 is 5.45. The first kappa shape index (κ1) is 12.0. The van der Waals surface area contributed by atoms with Gasteiger partial charge in [-0.25, -0.2) is 0 Å². The van der Waals surface area contributed by atoms with Gasteiger partial charge in [0, 0.05) is 18.7 Å². The molecular weight excluding hydrogens is 226 g/mol. The summed E-state index contributed by atoms with van der Waals surface area (Å²) in [5.74, 6) is 1.08. The van der Waals surface area contributed by atoms with Gasteiger partial charge in [-0.05, 0) is 49.3 Å². The molecule has 2 N–H and O–H groups in total. The highest BCUT2D eigenvalue weighted by atomic mass is 16.5. The van der Waals surface area contributed by atoms with Gasteiger partial charge in [0.2, 0.25) is 0 Å². The number of ether oxygens (including phenoxy) is 1. The van der Waals surface area contributed by atoms with Crippen LogP contribution in [0.15, 0.2) is 18.2 Å². The Morgan fingerprint density at radius 3 is 3.06 bits per heavy atom. The molecule has 3 unspecified atom stereocenters. The highest BCUT2D eigenvalue weighted by molar-refractivity contribution is 5.44. The smallest absolute Gasteiger partial charge is 0.119 e. The van der Waals surface area contributed by atoms with Gasteiger partial charge in [-0.1, -0.05) is 12.1 Å². The number of hydrogen-bond acceptors (Lipinski definition) is 3. The summed E-state index contributed by atoms with van der Waals surface area (Å²) in [5, 5.41) is 13.6. The predicted molar refractivity (Wildman–Crippen MR) is 70.7 cm³/mol.